The van der Waals surface area contributed by atoms with Gasteiger partial charge < -0.3 is 5.73 Å². The zero-order valence-corrected chi connectivity index (χ0v) is 8.03. The maximum atomic E-state index is 11.1. The zero-order valence-electron chi connectivity index (χ0n) is 7.21. The number of rotatable bonds is 2. The molecule has 0 unspecified atom stereocenters. The molecule has 0 atom stereocenters. The fraction of sp³-hybridized carbons (Fsp3) is 0. The minimum atomic E-state index is -4.03. The van der Waals surface area contributed by atoms with Crippen molar-refractivity contribution >= 4 is 21.9 Å². The van der Waals surface area contributed by atoms with Gasteiger partial charge in [0.2, 0.25) is 5.96 Å². The van der Waals surface area contributed by atoms with Crippen LogP contribution in [-0.2, 0) is 10.2 Å². The Morgan fingerprint density at radius 1 is 1.29 bits per heavy atom. The standard InChI is InChI=1S/C7H10N4O2S/c8-7(9)11(14(10,12)13)6-4-2-1-3-5-6/h1-5H,(H3,8,9)(H2,10,12,13). The highest BCUT2D eigenvalue weighted by Gasteiger charge is 2.20. The first kappa shape index (κ1) is 10.5. The van der Waals surface area contributed by atoms with Crippen molar-refractivity contribution in [3.63, 3.8) is 0 Å². The van der Waals surface area contributed by atoms with E-state index in [4.69, 9.17) is 16.3 Å². The van der Waals surface area contributed by atoms with Crippen LogP contribution in [-0.4, -0.2) is 14.4 Å². The summed E-state index contributed by atoms with van der Waals surface area (Å²) >= 11 is 0. The number of hydrogen-bond donors (Lipinski definition) is 3. The highest BCUT2D eigenvalue weighted by atomic mass is 32.2. The van der Waals surface area contributed by atoms with Crippen molar-refractivity contribution in [3.8, 4) is 0 Å². The molecule has 0 aliphatic carbocycles. The molecule has 76 valence electrons. The highest BCUT2D eigenvalue weighted by Crippen LogP contribution is 2.14. The molecule has 0 saturated carbocycles. The average Bonchev–Trinajstić information content (AvgIpc) is 2.02. The average molecular weight is 214 g/mol. The molecule has 6 nitrogen and oxygen atoms in total. The quantitative estimate of drug-likeness (QED) is 0.459. The minimum Gasteiger partial charge on any atom is -0.369 e. The van der Waals surface area contributed by atoms with Gasteiger partial charge in [-0.2, -0.15) is 12.7 Å². The second-order valence-electron chi connectivity index (χ2n) is 2.53. The number of nitrogens with two attached hydrogens (primary N) is 2. The van der Waals surface area contributed by atoms with E-state index in [1.165, 1.54) is 12.1 Å². The number of guanidine groups is 1. The van der Waals surface area contributed by atoms with E-state index in [9.17, 15) is 8.42 Å². The maximum absolute atomic E-state index is 11.1. The largest absolute Gasteiger partial charge is 0.369 e. The predicted molar refractivity (Wildman–Crippen MR) is 53.9 cm³/mol. The van der Waals surface area contributed by atoms with Gasteiger partial charge in [0.15, 0.2) is 0 Å². The van der Waals surface area contributed by atoms with Gasteiger partial charge in [-0.25, -0.2) is 5.14 Å². The van der Waals surface area contributed by atoms with Gasteiger partial charge in [-0.3, -0.25) is 5.41 Å². The van der Waals surface area contributed by atoms with E-state index in [1.54, 1.807) is 18.2 Å². The van der Waals surface area contributed by atoms with Crippen molar-refractivity contribution in [3.05, 3.63) is 30.3 Å². The number of nitrogens with zero attached hydrogens (tertiary/aromatic N) is 1. The molecule has 0 bridgehead atoms. The molecule has 1 aromatic rings. The molecule has 0 aromatic heterocycles. The molecule has 0 aliphatic rings. The van der Waals surface area contributed by atoms with Crippen LogP contribution < -0.4 is 15.2 Å². The van der Waals surface area contributed by atoms with Crippen LogP contribution >= 0.6 is 0 Å². The number of anilines is 1. The third kappa shape index (κ3) is 2.21. The summed E-state index contributed by atoms with van der Waals surface area (Å²) < 4.78 is 22.7. The van der Waals surface area contributed by atoms with Gasteiger partial charge in [-0.15, -0.1) is 0 Å². The normalized spacial score (nSPS) is 10.9. The minimum absolute atomic E-state index is 0.238. The van der Waals surface area contributed by atoms with Gasteiger partial charge >= 0.3 is 10.2 Å². The van der Waals surface area contributed by atoms with E-state index in [2.05, 4.69) is 0 Å². The maximum Gasteiger partial charge on any atom is 0.305 e. The molecule has 0 amide bonds. The first-order chi connectivity index (χ1) is 6.43. The lowest BCUT2D eigenvalue weighted by atomic mass is 10.3. The van der Waals surface area contributed by atoms with Gasteiger partial charge in [0.25, 0.3) is 0 Å². The van der Waals surface area contributed by atoms with Crippen LogP contribution in [0.25, 0.3) is 0 Å². The van der Waals surface area contributed by atoms with E-state index in [-0.39, 0.29) is 5.69 Å². The van der Waals surface area contributed by atoms with Crippen molar-refractivity contribution < 1.29 is 8.42 Å². The van der Waals surface area contributed by atoms with Crippen molar-refractivity contribution in [2.45, 2.75) is 0 Å². The molecule has 0 aliphatic heterocycles. The van der Waals surface area contributed by atoms with Crippen LogP contribution in [0.1, 0.15) is 0 Å². The predicted octanol–water partition coefficient (Wildman–Crippen LogP) is -0.410. The second-order valence-corrected chi connectivity index (χ2v) is 3.93. The van der Waals surface area contributed by atoms with Crippen LogP contribution in [0, 0.1) is 5.41 Å². The number of benzene rings is 1. The lowest BCUT2D eigenvalue weighted by molar-refractivity contribution is 0.598. The van der Waals surface area contributed by atoms with Gasteiger partial charge in [0.1, 0.15) is 0 Å². The lowest BCUT2D eigenvalue weighted by Crippen LogP contribution is -2.45. The molecule has 0 spiro atoms. The van der Waals surface area contributed by atoms with E-state index < -0.39 is 16.2 Å². The lowest BCUT2D eigenvalue weighted by Gasteiger charge is -2.18. The fourth-order valence-electron chi connectivity index (χ4n) is 0.986. The van der Waals surface area contributed by atoms with Crippen molar-refractivity contribution in [2.75, 3.05) is 4.31 Å². The van der Waals surface area contributed by atoms with Gasteiger partial charge in [-0.1, -0.05) is 18.2 Å². The summed E-state index contributed by atoms with van der Waals surface area (Å²) in [7, 11) is -4.03. The zero-order chi connectivity index (χ0) is 10.8. The van der Waals surface area contributed by atoms with Crippen molar-refractivity contribution in [2.24, 2.45) is 10.9 Å². The van der Waals surface area contributed by atoms with E-state index in [0.717, 1.165) is 0 Å². The van der Waals surface area contributed by atoms with Crippen LogP contribution in [0.2, 0.25) is 0 Å². The molecule has 5 N–H and O–H groups in total. The molecule has 0 heterocycles. The third-order valence-corrected chi connectivity index (χ3v) is 2.38. The molecule has 1 aromatic carbocycles. The molecule has 14 heavy (non-hydrogen) atoms. The van der Waals surface area contributed by atoms with Crippen LogP contribution in [0.15, 0.2) is 30.3 Å². The molecular weight excluding hydrogens is 204 g/mol. The fourth-order valence-corrected chi connectivity index (χ4v) is 1.68. The van der Waals surface area contributed by atoms with Crippen LogP contribution in [0.4, 0.5) is 5.69 Å². The second kappa shape index (κ2) is 3.64. The topological polar surface area (TPSA) is 113 Å². The summed E-state index contributed by atoms with van der Waals surface area (Å²) in [5, 5.41) is 12.0. The first-order valence-electron chi connectivity index (χ1n) is 3.65. The summed E-state index contributed by atoms with van der Waals surface area (Å²) in [4.78, 5) is 0. The Labute approximate surface area is 81.8 Å². The Kier molecular flexibility index (Phi) is 2.73. The Morgan fingerprint density at radius 2 is 1.79 bits per heavy atom. The molecule has 0 radical (unpaired) electrons. The smallest absolute Gasteiger partial charge is 0.305 e. The monoisotopic (exact) mass is 214 g/mol. The number of nitrogens with one attached hydrogen (secondary N) is 1. The molecule has 0 fully saturated rings. The number of para-hydroxylation sites is 1. The van der Waals surface area contributed by atoms with Gasteiger partial charge in [0.05, 0.1) is 5.69 Å². The van der Waals surface area contributed by atoms with Crippen molar-refractivity contribution in [1.82, 2.24) is 0 Å². The third-order valence-electron chi connectivity index (χ3n) is 1.46. The summed E-state index contributed by atoms with van der Waals surface area (Å²) in [6.45, 7) is 0. The summed E-state index contributed by atoms with van der Waals surface area (Å²) in [5.74, 6) is -0.640. The summed E-state index contributed by atoms with van der Waals surface area (Å²) in [6.07, 6.45) is 0. The van der Waals surface area contributed by atoms with E-state index in [1.807, 2.05) is 0 Å². The Morgan fingerprint density at radius 3 is 2.14 bits per heavy atom. The van der Waals surface area contributed by atoms with E-state index in [0.29, 0.717) is 4.31 Å². The van der Waals surface area contributed by atoms with Crippen LogP contribution in [0.5, 0.6) is 0 Å². The number of hydrogen-bond acceptors (Lipinski definition) is 3. The van der Waals surface area contributed by atoms with Crippen molar-refractivity contribution in [1.29, 1.82) is 5.41 Å². The Bertz CT molecular complexity index is 428. The molecular formula is C7H10N4O2S. The van der Waals surface area contributed by atoms with Gasteiger partial charge in [0, 0.05) is 0 Å². The van der Waals surface area contributed by atoms with Crippen LogP contribution in [0.3, 0.4) is 0 Å². The Balaban J connectivity index is 3.22. The van der Waals surface area contributed by atoms with E-state index >= 15 is 0 Å². The molecule has 1 rings (SSSR count). The van der Waals surface area contributed by atoms with Gasteiger partial charge in [-0.05, 0) is 12.1 Å². The SMILES string of the molecule is N=C(N)N(c1ccccc1)S(N)(=O)=O. The summed E-state index contributed by atoms with van der Waals surface area (Å²) in [5.41, 5.74) is 5.34. The molecule has 7 heteroatoms. The Hall–Kier alpha value is -1.60. The highest BCUT2D eigenvalue weighted by molar-refractivity contribution is 7.91. The molecule has 0 saturated heterocycles. The first-order valence-corrected chi connectivity index (χ1v) is 5.15. The summed E-state index contributed by atoms with van der Waals surface area (Å²) in [6, 6.07) is 7.94.